The molecule has 2 aromatic carbocycles. The third-order valence-corrected chi connectivity index (χ3v) is 5.10. The Morgan fingerprint density at radius 1 is 1.03 bits per heavy atom. The van der Waals surface area contributed by atoms with E-state index in [0.717, 1.165) is 61.1 Å². The van der Waals surface area contributed by atoms with Crippen LogP contribution in [0.1, 0.15) is 23.6 Å². The van der Waals surface area contributed by atoms with E-state index in [1.54, 1.807) is 6.07 Å². The zero-order valence-electron chi connectivity index (χ0n) is 17.4. The molecule has 0 saturated carbocycles. The number of aromatic hydroxyl groups is 2. The van der Waals surface area contributed by atoms with Crippen molar-refractivity contribution in [2.45, 2.75) is 27.3 Å². The lowest BCUT2D eigenvalue weighted by Gasteiger charge is -2.37. The molecule has 0 radical (unpaired) electrons. The van der Waals surface area contributed by atoms with Crippen molar-refractivity contribution >= 4 is 35.6 Å². The smallest absolute Gasteiger partial charge is 0.194 e. The molecule has 0 atom stereocenters. The maximum absolute atomic E-state index is 10.1. The van der Waals surface area contributed by atoms with E-state index >= 15 is 0 Å². The summed E-state index contributed by atoms with van der Waals surface area (Å²) in [6.07, 6.45) is 0. The predicted octanol–water partition coefficient (Wildman–Crippen LogP) is 3.62. The van der Waals surface area contributed by atoms with Gasteiger partial charge in [0.05, 0.1) is 12.2 Å². The summed E-state index contributed by atoms with van der Waals surface area (Å²) in [5, 5.41) is 23.4. The highest BCUT2D eigenvalue weighted by Gasteiger charge is 2.21. The van der Waals surface area contributed by atoms with Gasteiger partial charge in [0.1, 0.15) is 11.5 Å². The molecule has 0 bridgehead atoms. The van der Waals surface area contributed by atoms with E-state index in [1.807, 2.05) is 44.2 Å². The maximum Gasteiger partial charge on any atom is 0.194 e. The number of aliphatic imine (C=N–C) groups is 1. The number of piperazine rings is 1. The highest BCUT2D eigenvalue weighted by Crippen LogP contribution is 2.27. The van der Waals surface area contributed by atoms with Crippen molar-refractivity contribution in [2.24, 2.45) is 4.99 Å². The molecule has 3 rings (SSSR count). The topological polar surface area (TPSA) is 71.3 Å². The summed E-state index contributed by atoms with van der Waals surface area (Å²) in [5.74, 6) is 1.59. The summed E-state index contributed by atoms with van der Waals surface area (Å²) in [6, 6.07) is 11.5. The van der Waals surface area contributed by atoms with Crippen LogP contribution in [0.2, 0.25) is 0 Å². The first-order valence-corrected chi connectivity index (χ1v) is 9.85. The van der Waals surface area contributed by atoms with Crippen LogP contribution in [-0.4, -0.2) is 53.8 Å². The number of guanidine groups is 1. The van der Waals surface area contributed by atoms with E-state index in [-0.39, 0.29) is 24.0 Å². The number of benzene rings is 2. The highest BCUT2D eigenvalue weighted by atomic mass is 127. The largest absolute Gasteiger partial charge is 0.507 e. The van der Waals surface area contributed by atoms with Gasteiger partial charge in [0, 0.05) is 32.7 Å². The average Bonchev–Trinajstić information content (AvgIpc) is 2.70. The molecule has 0 aliphatic carbocycles. The molecule has 0 spiro atoms. The van der Waals surface area contributed by atoms with Gasteiger partial charge in [-0.25, -0.2) is 4.99 Å². The van der Waals surface area contributed by atoms with Gasteiger partial charge < -0.3 is 25.3 Å². The van der Waals surface area contributed by atoms with E-state index in [4.69, 9.17) is 4.99 Å². The number of nitrogens with zero attached hydrogens (tertiary/aromatic N) is 3. The average molecular weight is 510 g/mol. The number of rotatable bonds is 4. The van der Waals surface area contributed by atoms with Crippen molar-refractivity contribution in [1.29, 1.82) is 0 Å². The van der Waals surface area contributed by atoms with Crippen molar-refractivity contribution in [2.75, 3.05) is 37.6 Å². The summed E-state index contributed by atoms with van der Waals surface area (Å²) in [4.78, 5) is 9.29. The second kappa shape index (κ2) is 10.6. The molecule has 1 heterocycles. The summed E-state index contributed by atoms with van der Waals surface area (Å²) >= 11 is 0. The molecule has 3 N–H and O–H groups in total. The lowest BCUT2D eigenvalue weighted by Crippen LogP contribution is -2.52. The fraction of sp³-hybridized carbons (Fsp3) is 0.409. The first kappa shape index (κ1) is 23.1. The standard InChI is InChI=1S/C22H30N4O2.HI/c1-4-23-22(24-15-18-13-16(2)21(28)17(3)14-18)26-11-9-25(10-12-26)19-7-5-6-8-20(19)27;/h5-8,13-14,27-28H,4,9-12,15H2,1-3H3,(H,23,24);1H. The Morgan fingerprint density at radius 3 is 2.24 bits per heavy atom. The molecular formula is C22H31IN4O2. The lowest BCUT2D eigenvalue weighted by atomic mass is 10.1. The van der Waals surface area contributed by atoms with Gasteiger partial charge in [-0.05, 0) is 49.6 Å². The second-order valence-corrected chi connectivity index (χ2v) is 7.21. The minimum atomic E-state index is 0. The van der Waals surface area contributed by atoms with E-state index in [0.29, 0.717) is 18.0 Å². The molecule has 2 aromatic rings. The lowest BCUT2D eigenvalue weighted by molar-refractivity contribution is 0.369. The van der Waals surface area contributed by atoms with E-state index in [1.165, 1.54) is 0 Å². The van der Waals surface area contributed by atoms with Crippen LogP contribution in [0.5, 0.6) is 11.5 Å². The zero-order valence-corrected chi connectivity index (χ0v) is 19.7. The molecule has 7 heteroatoms. The monoisotopic (exact) mass is 510 g/mol. The minimum absolute atomic E-state index is 0. The number of nitrogens with one attached hydrogen (secondary N) is 1. The normalized spacial score (nSPS) is 14.5. The van der Waals surface area contributed by atoms with E-state index in [2.05, 4.69) is 22.0 Å². The Labute approximate surface area is 190 Å². The third kappa shape index (κ3) is 5.68. The van der Waals surface area contributed by atoms with Crippen molar-refractivity contribution in [1.82, 2.24) is 10.2 Å². The second-order valence-electron chi connectivity index (χ2n) is 7.21. The number of halogens is 1. The fourth-order valence-electron chi connectivity index (χ4n) is 3.62. The van der Waals surface area contributed by atoms with E-state index in [9.17, 15) is 10.2 Å². The van der Waals surface area contributed by atoms with Crippen LogP contribution in [0.3, 0.4) is 0 Å². The molecule has 1 fully saturated rings. The Balaban J connectivity index is 0.00000300. The SMILES string of the molecule is CCNC(=NCc1cc(C)c(O)c(C)c1)N1CCN(c2ccccc2O)CC1.I. The van der Waals surface area contributed by atoms with Crippen molar-refractivity contribution in [3.05, 3.63) is 53.1 Å². The van der Waals surface area contributed by atoms with Gasteiger partial charge in [0.2, 0.25) is 0 Å². The third-order valence-electron chi connectivity index (χ3n) is 5.10. The summed E-state index contributed by atoms with van der Waals surface area (Å²) in [7, 11) is 0. The van der Waals surface area contributed by atoms with Crippen LogP contribution < -0.4 is 10.2 Å². The molecule has 1 aliphatic rings. The zero-order chi connectivity index (χ0) is 20.1. The van der Waals surface area contributed by atoms with Crippen LogP contribution in [0.15, 0.2) is 41.4 Å². The maximum atomic E-state index is 10.1. The molecule has 1 saturated heterocycles. The van der Waals surface area contributed by atoms with Crippen LogP contribution in [0.25, 0.3) is 0 Å². The number of phenols is 2. The Morgan fingerprint density at radius 2 is 1.66 bits per heavy atom. The summed E-state index contributed by atoms with van der Waals surface area (Å²) in [5.41, 5.74) is 3.74. The number of phenolic OH excluding ortho intramolecular Hbond substituents is 2. The Bertz CT molecular complexity index is 825. The Kier molecular flexibility index (Phi) is 8.43. The fourth-order valence-corrected chi connectivity index (χ4v) is 3.62. The molecule has 158 valence electrons. The summed E-state index contributed by atoms with van der Waals surface area (Å²) < 4.78 is 0. The molecular weight excluding hydrogens is 479 g/mol. The van der Waals surface area contributed by atoms with Crippen LogP contribution >= 0.6 is 24.0 Å². The van der Waals surface area contributed by atoms with E-state index < -0.39 is 0 Å². The number of para-hydroxylation sites is 2. The molecule has 0 unspecified atom stereocenters. The minimum Gasteiger partial charge on any atom is -0.507 e. The van der Waals surface area contributed by atoms with Gasteiger partial charge in [-0.3, -0.25) is 0 Å². The highest BCUT2D eigenvalue weighted by molar-refractivity contribution is 14.0. The van der Waals surface area contributed by atoms with Gasteiger partial charge in [0.15, 0.2) is 5.96 Å². The number of anilines is 1. The van der Waals surface area contributed by atoms with Crippen molar-refractivity contribution in [3.8, 4) is 11.5 Å². The molecule has 6 nitrogen and oxygen atoms in total. The summed E-state index contributed by atoms with van der Waals surface area (Å²) in [6.45, 7) is 10.6. The number of hydrogen-bond donors (Lipinski definition) is 3. The van der Waals surface area contributed by atoms with Gasteiger partial charge in [-0.15, -0.1) is 24.0 Å². The van der Waals surface area contributed by atoms with Gasteiger partial charge in [-0.2, -0.15) is 0 Å². The van der Waals surface area contributed by atoms with Gasteiger partial charge >= 0.3 is 0 Å². The first-order valence-electron chi connectivity index (χ1n) is 9.85. The quantitative estimate of drug-likeness (QED) is 0.333. The van der Waals surface area contributed by atoms with Gasteiger partial charge in [-0.1, -0.05) is 24.3 Å². The van der Waals surface area contributed by atoms with Crippen LogP contribution in [0.4, 0.5) is 5.69 Å². The van der Waals surface area contributed by atoms with Crippen molar-refractivity contribution < 1.29 is 10.2 Å². The molecule has 0 amide bonds. The molecule has 1 aliphatic heterocycles. The van der Waals surface area contributed by atoms with Crippen molar-refractivity contribution in [3.63, 3.8) is 0 Å². The van der Waals surface area contributed by atoms with Gasteiger partial charge in [0.25, 0.3) is 0 Å². The molecule has 0 aromatic heterocycles. The number of hydrogen-bond acceptors (Lipinski definition) is 4. The number of aryl methyl sites for hydroxylation is 2. The van der Waals surface area contributed by atoms with Crippen LogP contribution in [0, 0.1) is 13.8 Å². The first-order chi connectivity index (χ1) is 13.5. The van der Waals surface area contributed by atoms with Crippen LogP contribution in [-0.2, 0) is 6.54 Å². The Hall–Kier alpha value is -2.16. The predicted molar refractivity (Wildman–Crippen MR) is 130 cm³/mol. The molecule has 29 heavy (non-hydrogen) atoms.